The predicted octanol–water partition coefficient (Wildman–Crippen LogP) is 2.31. The van der Waals surface area contributed by atoms with E-state index >= 15 is 0 Å². The molecular formula is C19H17N5O4S. The van der Waals surface area contributed by atoms with E-state index in [2.05, 4.69) is 20.6 Å². The van der Waals surface area contributed by atoms with Crippen molar-refractivity contribution in [2.75, 3.05) is 11.1 Å². The minimum Gasteiger partial charge on any atom is -0.459 e. The third-order valence-corrected chi connectivity index (χ3v) is 4.54. The van der Waals surface area contributed by atoms with Crippen LogP contribution in [-0.4, -0.2) is 40.2 Å². The first-order valence-electron chi connectivity index (χ1n) is 8.48. The van der Waals surface area contributed by atoms with Gasteiger partial charge in [0.2, 0.25) is 5.91 Å². The minimum atomic E-state index is -0.788. The Morgan fingerprint density at radius 2 is 2.00 bits per heavy atom. The van der Waals surface area contributed by atoms with Crippen LogP contribution in [-0.2, 0) is 9.59 Å². The summed E-state index contributed by atoms with van der Waals surface area (Å²) in [6, 6.07) is 8.61. The molecule has 0 fully saturated rings. The molecule has 2 aromatic rings. The number of hydrogen-bond acceptors (Lipinski definition) is 6. The molecule has 1 aliphatic heterocycles. The molecule has 0 unspecified atom stereocenters. The van der Waals surface area contributed by atoms with Gasteiger partial charge in [-0.05, 0) is 49.2 Å². The summed E-state index contributed by atoms with van der Waals surface area (Å²) in [5.41, 5.74) is 2.32. The van der Waals surface area contributed by atoms with Gasteiger partial charge in [0.05, 0.1) is 12.0 Å². The molecule has 3 amide bonds. The van der Waals surface area contributed by atoms with Gasteiger partial charge in [-0.25, -0.2) is 4.99 Å². The number of amides is 3. The van der Waals surface area contributed by atoms with E-state index in [0.717, 1.165) is 22.9 Å². The van der Waals surface area contributed by atoms with Gasteiger partial charge in [-0.1, -0.05) is 17.8 Å². The van der Waals surface area contributed by atoms with Crippen molar-refractivity contribution < 1.29 is 18.8 Å². The van der Waals surface area contributed by atoms with E-state index < -0.39 is 23.4 Å². The lowest BCUT2D eigenvalue weighted by atomic mass is 10.1. The Bertz CT molecular complexity index is 1040. The van der Waals surface area contributed by atoms with Crippen molar-refractivity contribution >= 4 is 51.9 Å². The summed E-state index contributed by atoms with van der Waals surface area (Å²) in [4.78, 5) is 43.7. The first-order chi connectivity index (χ1) is 13.8. The molecule has 0 spiro atoms. The van der Waals surface area contributed by atoms with E-state index in [9.17, 15) is 14.4 Å². The number of aryl methyl sites for hydroxylation is 2. The van der Waals surface area contributed by atoms with Gasteiger partial charge in [0.15, 0.2) is 22.5 Å². The molecule has 0 aliphatic carbocycles. The van der Waals surface area contributed by atoms with Gasteiger partial charge in [-0.15, -0.1) is 0 Å². The Hall–Kier alpha value is -3.53. The molecule has 0 saturated heterocycles. The van der Waals surface area contributed by atoms with E-state index in [1.165, 1.54) is 18.4 Å². The number of rotatable bonds is 4. The average molecular weight is 411 g/mol. The lowest BCUT2D eigenvalue weighted by Crippen LogP contribution is -2.43. The van der Waals surface area contributed by atoms with Gasteiger partial charge < -0.3 is 9.73 Å². The standard InChI is InChI=1S/C19H17N5O4S/c1-10-6-11(2)8-12(7-10)21-14(25)9-29-19-23-16(20)15(18(27)24-19)22-17(26)13-4-3-5-28-13/h3-8H,9H2,1-2H3,(H,21,25)(H2,20,23,24,27). The molecule has 0 saturated carbocycles. The fourth-order valence-corrected chi connectivity index (χ4v) is 3.21. The summed E-state index contributed by atoms with van der Waals surface area (Å²) in [6.45, 7) is 3.87. The van der Waals surface area contributed by atoms with Crippen molar-refractivity contribution in [3.63, 3.8) is 0 Å². The summed E-state index contributed by atoms with van der Waals surface area (Å²) in [5.74, 6) is -2.35. The molecular weight excluding hydrogens is 394 g/mol. The summed E-state index contributed by atoms with van der Waals surface area (Å²) >= 11 is 0.966. The predicted molar refractivity (Wildman–Crippen MR) is 111 cm³/mol. The highest BCUT2D eigenvalue weighted by molar-refractivity contribution is 8.14. The van der Waals surface area contributed by atoms with E-state index in [1.807, 2.05) is 32.0 Å². The smallest absolute Gasteiger partial charge is 0.313 e. The number of benzene rings is 1. The molecule has 3 rings (SSSR count). The second kappa shape index (κ2) is 8.65. The Morgan fingerprint density at radius 1 is 1.28 bits per heavy atom. The van der Waals surface area contributed by atoms with Crippen LogP contribution in [0, 0.1) is 19.3 Å². The molecule has 0 atom stereocenters. The van der Waals surface area contributed by atoms with E-state index in [1.54, 1.807) is 0 Å². The second-order valence-electron chi connectivity index (χ2n) is 6.18. The number of carbonyl (C=O) groups excluding carboxylic acids is 3. The largest absolute Gasteiger partial charge is 0.459 e. The maximum absolute atomic E-state index is 12.2. The maximum Gasteiger partial charge on any atom is 0.313 e. The first-order valence-corrected chi connectivity index (χ1v) is 9.47. The van der Waals surface area contributed by atoms with Gasteiger partial charge >= 0.3 is 5.91 Å². The van der Waals surface area contributed by atoms with Crippen LogP contribution in [0.2, 0.25) is 0 Å². The second-order valence-corrected chi connectivity index (χ2v) is 7.14. The van der Waals surface area contributed by atoms with Crippen LogP contribution in [0.1, 0.15) is 21.7 Å². The summed E-state index contributed by atoms with van der Waals surface area (Å²) in [5, 5.41) is 13.1. The highest BCUT2D eigenvalue weighted by Gasteiger charge is 2.26. The van der Waals surface area contributed by atoms with Crippen molar-refractivity contribution in [2.24, 2.45) is 9.98 Å². The molecule has 2 heterocycles. The van der Waals surface area contributed by atoms with E-state index in [4.69, 9.17) is 9.83 Å². The average Bonchev–Trinajstić information content (AvgIpc) is 3.17. The van der Waals surface area contributed by atoms with Crippen LogP contribution < -0.4 is 10.6 Å². The number of anilines is 1. The third-order valence-electron chi connectivity index (χ3n) is 3.66. The van der Waals surface area contributed by atoms with Gasteiger partial charge in [0.25, 0.3) is 5.91 Å². The van der Waals surface area contributed by atoms with Crippen LogP contribution in [0.3, 0.4) is 0 Å². The lowest BCUT2D eigenvalue weighted by Gasteiger charge is -2.14. The third kappa shape index (κ3) is 5.26. The van der Waals surface area contributed by atoms with Gasteiger partial charge in [0, 0.05) is 5.69 Å². The van der Waals surface area contributed by atoms with Crippen LogP contribution >= 0.6 is 11.8 Å². The number of aliphatic imine (C=N–C) groups is 2. The maximum atomic E-state index is 12.2. The Labute approximate surface area is 170 Å². The van der Waals surface area contributed by atoms with E-state index in [-0.39, 0.29) is 22.6 Å². The van der Waals surface area contributed by atoms with Crippen molar-refractivity contribution in [3.05, 3.63) is 53.5 Å². The fourth-order valence-electron chi connectivity index (χ4n) is 2.55. The zero-order valence-electron chi connectivity index (χ0n) is 15.6. The quantitative estimate of drug-likeness (QED) is 0.709. The zero-order chi connectivity index (χ0) is 21.0. The summed E-state index contributed by atoms with van der Waals surface area (Å²) in [6.07, 6.45) is 1.30. The molecule has 0 radical (unpaired) electrons. The molecule has 3 N–H and O–H groups in total. The molecule has 148 valence electrons. The Morgan fingerprint density at radius 3 is 2.62 bits per heavy atom. The minimum absolute atomic E-state index is 0.0167. The highest BCUT2D eigenvalue weighted by atomic mass is 32.2. The van der Waals surface area contributed by atoms with Gasteiger partial charge in [-0.2, -0.15) is 4.99 Å². The number of carbonyl (C=O) groups is 3. The lowest BCUT2D eigenvalue weighted by molar-refractivity contribution is -0.114. The monoisotopic (exact) mass is 411 g/mol. The first kappa shape index (κ1) is 20.2. The number of nitrogens with zero attached hydrogens (tertiary/aromatic N) is 2. The molecule has 1 aromatic carbocycles. The number of amidine groups is 2. The van der Waals surface area contributed by atoms with Crippen LogP contribution in [0.4, 0.5) is 5.69 Å². The van der Waals surface area contributed by atoms with Crippen molar-refractivity contribution in [2.45, 2.75) is 13.8 Å². The normalized spacial score (nSPS) is 15.1. The highest BCUT2D eigenvalue weighted by Crippen LogP contribution is 2.15. The summed E-state index contributed by atoms with van der Waals surface area (Å²) in [7, 11) is 0. The zero-order valence-corrected chi connectivity index (χ0v) is 16.4. The van der Waals surface area contributed by atoms with Crippen LogP contribution in [0.25, 0.3) is 0 Å². The molecule has 1 aromatic heterocycles. The topological polar surface area (TPSA) is 137 Å². The number of nitrogens with one attached hydrogen (secondary N) is 3. The number of hydrogen-bond donors (Lipinski definition) is 3. The summed E-state index contributed by atoms with van der Waals surface area (Å²) < 4.78 is 4.91. The molecule has 9 nitrogen and oxygen atoms in total. The van der Waals surface area contributed by atoms with Crippen molar-refractivity contribution in [1.29, 1.82) is 5.41 Å². The van der Waals surface area contributed by atoms with Crippen molar-refractivity contribution in [3.8, 4) is 0 Å². The van der Waals surface area contributed by atoms with Crippen LogP contribution in [0.15, 0.2) is 51.0 Å². The molecule has 29 heavy (non-hydrogen) atoms. The SMILES string of the molecule is Cc1cc(C)cc(NC(=O)CSC2=NC(=N)C(=NC(=O)c3ccco3)C(=O)N2)c1. The fraction of sp³-hybridized carbons (Fsp3) is 0.158. The van der Waals surface area contributed by atoms with Crippen molar-refractivity contribution in [1.82, 2.24) is 5.32 Å². The Balaban J connectivity index is 1.61. The number of thioether (sulfide) groups is 1. The molecule has 1 aliphatic rings. The van der Waals surface area contributed by atoms with Gasteiger partial charge in [-0.3, -0.25) is 25.1 Å². The van der Waals surface area contributed by atoms with Crippen LogP contribution in [0.5, 0.6) is 0 Å². The number of furan rings is 1. The Kier molecular flexibility index (Phi) is 6.03. The van der Waals surface area contributed by atoms with E-state index in [0.29, 0.717) is 5.69 Å². The molecule has 0 bridgehead atoms. The molecule has 10 heteroatoms. The van der Waals surface area contributed by atoms with Gasteiger partial charge in [0.1, 0.15) is 0 Å².